The summed E-state index contributed by atoms with van der Waals surface area (Å²) in [5.74, 6) is 1.79. The van der Waals surface area contributed by atoms with Gasteiger partial charge in [0.2, 0.25) is 0 Å². The van der Waals surface area contributed by atoms with Crippen LogP contribution in [0.5, 0.6) is 0 Å². The van der Waals surface area contributed by atoms with E-state index in [4.69, 9.17) is 9.47 Å². The van der Waals surface area contributed by atoms with Gasteiger partial charge in [-0.25, -0.2) is 4.98 Å². The fourth-order valence-electron chi connectivity index (χ4n) is 9.29. The topological polar surface area (TPSA) is 73.7 Å². The number of ether oxygens (including phenoxy) is 2. The molecule has 0 amide bonds. The van der Waals surface area contributed by atoms with Crippen LogP contribution in [0.25, 0.3) is 0 Å². The van der Waals surface area contributed by atoms with Crippen molar-refractivity contribution in [2.24, 2.45) is 11.8 Å². The number of esters is 2. The standard InChI is InChI=1S/C56H107N3O4/c1-6-10-14-18-20-22-25-33-42-54(41-32-17-13-9-4)56(61)63-50-37-29-27-35-45-58(46-38-47-59-48-43-57-52(59)5)44-34-26-23-28-36-49-62-55(60)51-53(39-30-16-12-8-3)40-31-24-21-19-15-11-7-2/h43,48,53-54H,6-42,44-47,49-51H2,1-5H3. The Balaban J connectivity index is 2.37. The lowest BCUT2D eigenvalue weighted by atomic mass is 9.91. The molecule has 0 aliphatic carbocycles. The lowest BCUT2D eigenvalue weighted by Crippen LogP contribution is -2.28. The zero-order valence-electron chi connectivity index (χ0n) is 42.9. The molecule has 0 fully saturated rings. The molecule has 0 aromatic carbocycles. The summed E-state index contributed by atoms with van der Waals surface area (Å²) in [4.78, 5) is 33.1. The lowest BCUT2D eigenvalue weighted by molar-refractivity contribution is -0.149. The summed E-state index contributed by atoms with van der Waals surface area (Å²) in [6, 6.07) is 0. The summed E-state index contributed by atoms with van der Waals surface area (Å²) in [7, 11) is 0. The highest BCUT2D eigenvalue weighted by Crippen LogP contribution is 2.24. The van der Waals surface area contributed by atoms with E-state index in [1.807, 2.05) is 6.20 Å². The van der Waals surface area contributed by atoms with Crippen molar-refractivity contribution in [3.63, 3.8) is 0 Å². The molecular weight excluding hydrogens is 779 g/mol. The number of hydrogen-bond acceptors (Lipinski definition) is 6. The Bertz CT molecular complexity index is 1120. The summed E-state index contributed by atoms with van der Waals surface area (Å²) in [6.45, 7) is 16.7. The summed E-state index contributed by atoms with van der Waals surface area (Å²) < 4.78 is 13.9. The Morgan fingerprint density at radius 1 is 0.508 bits per heavy atom. The summed E-state index contributed by atoms with van der Waals surface area (Å²) >= 11 is 0. The van der Waals surface area contributed by atoms with Gasteiger partial charge in [0.1, 0.15) is 5.82 Å². The molecule has 0 saturated carbocycles. The zero-order valence-corrected chi connectivity index (χ0v) is 42.9. The van der Waals surface area contributed by atoms with Crippen LogP contribution in [0.2, 0.25) is 0 Å². The Morgan fingerprint density at radius 2 is 0.905 bits per heavy atom. The number of carbonyl (C=O) groups excluding carboxylic acids is 2. The van der Waals surface area contributed by atoms with Crippen LogP contribution < -0.4 is 0 Å². The van der Waals surface area contributed by atoms with Crippen molar-refractivity contribution in [1.29, 1.82) is 0 Å². The molecule has 0 saturated heterocycles. The van der Waals surface area contributed by atoms with Gasteiger partial charge in [0, 0.05) is 25.4 Å². The van der Waals surface area contributed by atoms with E-state index < -0.39 is 0 Å². The van der Waals surface area contributed by atoms with Crippen LogP contribution in [0.15, 0.2) is 12.4 Å². The largest absolute Gasteiger partial charge is 0.466 e. The van der Waals surface area contributed by atoms with Crippen LogP contribution in [0.4, 0.5) is 0 Å². The smallest absolute Gasteiger partial charge is 0.308 e. The van der Waals surface area contributed by atoms with E-state index >= 15 is 0 Å². The van der Waals surface area contributed by atoms with E-state index in [0.717, 1.165) is 89.8 Å². The number of carbonyl (C=O) groups is 2. The van der Waals surface area contributed by atoms with E-state index in [-0.39, 0.29) is 17.9 Å². The zero-order chi connectivity index (χ0) is 45.7. The molecule has 0 spiro atoms. The number of rotatable bonds is 49. The second kappa shape index (κ2) is 45.3. The van der Waals surface area contributed by atoms with Gasteiger partial charge in [0.05, 0.1) is 19.1 Å². The Labute approximate surface area is 392 Å². The number of aryl methyl sites for hydroxylation is 2. The van der Waals surface area contributed by atoms with Crippen LogP contribution in [-0.4, -0.2) is 59.2 Å². The maximum atomic E-state index is 13.1. The molecule has 1 heterocycles. The Hall–Kier alpha value is -1.89. The molecule has 0 bridgehead atoms. The van der Waals surface area contributed by atoms with E-state index in [1.165, 1.54) is 180 Å². The molecule has 0 N–H and O–H groups in total. The second-order valence-electron chi connectivity index (χ2n) is 19.6. The van der Waals surface area contributed by atoms with Gasteiger partial charge < -0.3 is 18.9 Å². The average Bonchev–Trinajstić information content (AvgIpc) is 3.70. The molecular formula is C56H107N3O4. The molecule has 2 unspecified atom stereocenters. The van der Waals surface area contributed by atoms with Gasteiger partial charge >= 0.3 is 11.9 Å². The predicted molar refractivity (Wildman–Crippen MR) is 270 cm³/mol. The van der Waals surface area contributed by atoms with E-state index in [2.05, 4.69) is 55.3 Å². The van der Waals surface area contributed by atoms with Crippen LogP contribution in [0, 0.1) is 18.8 Å². The van der Waals surface area contributed by atoms with Crippen molar-refractivity contribution in [2.45, 2.75) is 285 Å². The van der Waals surface area contributed by atoms with Crippen molar-refractivity contribution < 1.29 is 19.1 Å². The van der Waals surface area contributed by atoms with Crippen molar-refractivity contribution >= 4 is 11.9 Å². The highest BCUT2D eigenvalue weighted by molar-refractivity contribution is 5.72. The molecule has 1 aromatic heterocycles. The molecule has 7 heteroatoms. The molecule has 0 aliphatic heterocycles. The van der Waals surface area contributed by atoms with Gasteiger partial charge in [0.25, 0.3) is 0 Å². The van der Waals surface area contributed by atoms with Crippen LogP contribution in [0.1, 0.15) is 278 Å². The maximum Gasteiger partial charge on any atom is 0.308 e. The minimum absolute atomic E-state index is 0.0344. The van der Waals surface area contributed by atoms with Crippen LogP contribution in [-0.2, 0) is 25.6 Å². The Morgan fingerprint density at radius 3 is 1.38 bits per heavy atom. The normalized spacial score (nSPS) is 12.6. The first-order valence-electron chi connectivity index (χ1n) is 28.0. The van der Waals surface area contributed by atoms with Gasteiger partial charge in [-0.15, -0.1) is 0 Å². The number of imidazole rings is 1. The van der Waals surface area contributed by atoms with Gasteiger partial charge in [-0.1, -0.05) is 207 Å². The molecule has 0 aliphatic rings. The average molecular weight is 886 g/mol. The van der Waals surface area contributed by atoms with Gasteiger partial charge in [-0.2, -0.15) is 0 Å². The lowest BCUT2D eigenvalue weighted by Gasteiger charge is -2.22. The highest BCUT2D eigenvalue weighted by atomic mass is 16.5. The maximum absolute atomic E-state index is 13.1. The van der Waals surface area contributed by atoms with Gasteiger partial charge in [0.15, 0.2) is 0 Å². The predicted octanol–water partition coefficient (Wildman–Crippen LogP) is 16.7. The molecule has 370 valence electrons. The molecule has 0 radical (unpaired) electrons. The number of hydrogen-bond donors (Lipinski definition) is 0. The fraction of sp³-hybridized carbons (Fsp3) is 0.911. The SMILES string of the molecule is CCCCCCCCCCC(CCCCCC)C(=O)OCCCCCCN(CCCCCCCOC(=O)CC(CCCCCC)CCCCCCCCC)CCCn1ccnc1C. The van der Waals surface area contributed by atoms with Crippen molar-refractivity contribution in [2.75, 3.05) is 32.8 Å². The third-order valence-corrected chi connectivity index (χ3v) is 13.6. The molecule has 2 atom stereocenters. The van der Waals surface area contributed by atoms with Gasteiger partial charge in [-0.05, 0) is 90.3 Å². The number of nitrogens with zero attached hydrogens (tertiary/aromatic N) is 3. The monoisotopic (exact) mass is 886 g/mol. The quantitative estimate of drug-likeness (QED) is 0.0479. The molecule has 1 rings (SSSR count). The summed E-state index contributed by atoms with van der Waals surface area (Å²) in [6.07, 6.45) is 50.1. The third-order valence-electron chi connectivity index (χ3n) is 13.6. The minimum Gasteiger partial charge on any atom is -0.466 e. The van der Waals surface area contributed by atoms with Crippen molar-refractivity contribution in [3.8, 4) is 0 Å². The molecule has 1 aromatic rings. The molecule has 7 nitrogen and oxygen atoms in total. The highest BCUT2D eigenvalue weighted by Gasteiger charge is 2.19. The number of aromatic nitrogens is 2. The second-order valence-corrected chi connectivity index (χ2v) is 19.6. The van der Waals surface area contributed by atoms with Crippen molar-refractivity contribution in [3.05, 3.63) is 18.2 Å². The Kier molecular flexibility index (Phi) is 42.5. The van der Waals surface area contributed by atoms with Gasteiger partial charge in [-0.3, -0.25) is 9.59 Å². The molecule has 63 heavy (non-hydrogen) atoms. The van der Waals surface area contributed by atoms with Crippen LogP contribution >= 0.6 is 0 Å². The van der Waals surface area contributed by atoms with E-state index in [1.54, 1.807) is 0 Å². The first kappa shape index (κ1) is 59.1. The third kappa shape index (κ3) is 37.0. The van der Waals surface area contributed by atoms with Crippen molar-refractivity contribution in [1.82, 2.24) is 14.5 Å². The minimum atomic E-state index is 0.0344. The van der Waals surface area contributed by atoms with E-state index in [0.29, 0.717) is 25.6 Å². The fourth-order valence-corrected chi connectivity index (χ4v) is 9.29. The summed E-state index contributed by atoms with van der Waals surface area (Å²) in [5, 5.41) is 0. The first-order chi connectivity index (χ1) is 30.9. The summed E-state index contributed by atoms with van der Waals surface area (Å²) in [5.41, 5.74) is 0. The van der Waals surface area contributed by atoms with Crippen LogP contribution in [0.3, 0.4) is 0 Å². The number of unbranched alkanes of at least 4 members (excludes halogenated alkanes) is 26. The first-order valence-corrected chi connectivity index (χ1v) is 28.0. The van der Waals surface area contributed by atoms with E-state index in [9.17, 15) is 9.59 Å².